The first kappa shape index (κ1) is 19.2. The molecule has 0 saturated carbocycles. The standard InChI is InChI=1S/C21H19FN2O4/c1-3-9-24-20(25)17(23-21(24)26)11-14-7-8-18(19(12-14)27-2)28-13-15-5-4-6-16(22)10-15/h3-8,10-12H,1,9,13H2,2H3,(H,23,26)/b17-11+. The Kier molecular flexibility index (Phi) is 5.74. The van der Waals surface area contributed by atoms with E-state index in [4.69, 9.17) is 9.47 Å². The fraction of sp³-hybridized carbons (Fsp3) is 0.143. The monoisotopic (exact) mass is 382 g/mol. The van der Waals surface area contributed by atoms with Crippen LogP contribution >= 0.6 is 0 Å². The third kappa shape index (κ3) is 4.20. The van der Waals surface area contributed by atoms with Crippen molar-refractivity contribution in [2.24, 2.45) is 0 Å². The van der Waals surface area contributed by atoms with Crippen molar-refractivity contribution in [3.05, 3.63) is 77.8 Å². The van der Waals surface area contributed by atoms with Crippen LogP contribution in [0.4, 0.5) is 9.18 Å². The number of carbonyl (C=O) groups is 2. The lowest BCUT2D eigenvalue weighted by molar-refractivity contribution is -0.122. The van der Waals surface area contributed by atoms with Gasteiger partial charge in [0, 0.05) is 6.54 Å². The van der Waals surface area contributed by atoms with Gasteiger partial charge in [0.1, 0.15) is 18.1 Å². The molecule has 0 unspecified atom stereocenters. The van der Waals surface area contributed by atoms with Gasteiger partial charge in [0.25, 0.3) is 5.91 Å². The molecule has 3 rings (SSSR count). The Bertz CT molecular complexity index is 955. The number of rotatable bonds is 7. The van der Waals surface area contributed by atoms with Crippen LogP contribution in [0.3, 0.4) is 0 Å². The predicted molar refractivity (Wildman–Crippen MR) is 102 cm³/mol. The number of nitrogens with one attached hydrogen (secondary N) is 1. The first-order valence-electron chi connectivity index (χ1n) is 8.52. The van der Waals surface area contributed by atoms with Gasteiger partial charge in [-0.25, -0.2) is 9.18 Å². The zero-order valence-electron chi connectivity index (χ0n) is 15.3. The zero-order chi connectivity index (χ0) is 20.1. The summed E-state index contributed by atoms with van der Waals surface area (Å²) in [5.41, 5.74) is 1.51. The number of carbonyl (C=O) groups excluding carboxylic acids is 2. The van der Waals surface area contributed by atoms with Crippen molar-refractivity contribution in [2.75, 3.05) is 13.7 Å². The molecule has 144 valence electrons. The van der Waals surface area contributed by atoms with Crippen molar-refractivity contribution in [3.63, 3.8) is 0 Å². The molecule has 0 bridgehead atoms. The van der Waals surface area contributed by atoms with E-state index in [1.807, 2.05) is 0 Å². The van der Waals surface area contributed by atoms with Gasteiger partial charge in [-0.1, -0.05) is 24.3 Å². The predicted octanol–water partition coefficient (Wildman–Crippen LogP) is 3.49. The topological polar surface area (TPSA) is 67.9 Å². The highest BCUT2D eigenvalue weighted by molar-refractivity contribution is 6.14. The molecule has 0 aromatic heterocycles. The Balaban J connectivity index is 1.77. The van der Waals surface area contributed by atoms with Crippen LogP contribution in [0.25, 0.3) is 6.08 Å². The molecule has 0 aliphatic carbocycles. The molecule has 1 aliphatic rings. The second-order valence-electron chi connectivity index (χ2n) is 6.02. The minimum absolute atomic E-state index is 0.137. The molecular formula is C21H19FN2O4. The van der Waals surface area contributed by atoms with Gasteiger partial charge < -0.3 is 14.8 Å². The molecule has 0 atom stereocenters. The highest BCUT2D eigenvalue weighted by Crippen LogP contribution is 2.30. The van der Waals surface area contributed by atoms with Gasteiger partial charge in [-0.15, -0.1) is 6.58 Å². The summed E-state index contributed by atoms with van der Waals surface area (Å²) in [6.07, 6.45) is 3.04. The molecule has 1 aliphatic heterocycles. The number of urea groups is 1. The average Bonchev–Trinajstić information content (AvgIpc) is 2.94. The highest BCUT2D eigenvalue weighted by atomic mass is 19.1. The number of hydrogen-bond donors (Lipinski definition) is 1. The fourth-order valence-electron chi connectivity index (χ4n) is 2.71. The summed E-state index contributed by atoms with van der Waals surface area (Å²) < 4.78 is 24.3. The molecule has 2 aromatic rings. The number of ether oxygens (including phenoxy) is 2. The smallest absolute Gasteiger partial charge is 0.329 e. The first-order chi connectivity index (χ1) is 13.5. The Labute approximate surface area is 161 Å². The number of halogens is 1. The van der Waals surface area contributed by atoms with Crippen LogP contribution in [0.5, 0.6) is 11.5 Å². The minimum Gasteiger partial charge on any atom is -0.493 e. The maximum atomic E-state index is 13.3. The van der Waals surface area contributed by atoms with Crippen molar-refractivity contribution < 1.29 is 23.5 Å². The number of benzene rings is 2. The normalized spacial score (nSPS) is 14.9. The van der Waals surface area contributed by atoms with E-state index < -0.39 is 11.9 Å². The average molecular weight is 382 g/mol. The maximum absolute atomic E-state index is 13.3. The number of nitrogens with zero attached hydrogens (tertiary/aromatic N) is 1. The lowest BCUT2D eigenvalue weighted by atomic mass is 10.1. The quantitative estimate of drug-likeness (QED) is 0.452. The van der Waals surface area contributed by atoms with Gasteiger partial charge in [-0.2, -0.15) is 0 Å². The zero-order valence-corrected chi connectivity index (χ0v) is 15.3. The summed E-state index contributed by atoms with van der Waals surface area (Å²) >= 11 is 0. The third-order valence-corrected chi connectivity index (χ3v) is 4.06. The van der Waals surface area contributed by atoms with Gasteiger partial charge in [0.2, 0.25) is 0 Å². The van der Waals surface area contributed by atoms with E-state index >= 15 is 0 Å². The third-order valence-electron chi connectivity index (χ3n) is 4.06. The van der Waals surface area contributed by atoms with Gasteiger partial charge in [0.05, 0.1) is 7.11 Å². The van der Waals surface area contributed by atoms with Crippen molar-refractivity contribution >= 4 is 18.0 Å². The Hall–Kier alpha value is -3.61. The Morgan fingerprint density at radius 3 is 2.71 bits per heavy atom. The van der Waals surface area contributed by atoms with Crippen molar-refractivity contribution in [2.45, 2.75) is 6.61 Å². The number of hydrogen-bond acceptors (Lipinski definition) is 4. The van der Waals surface area contributed by atoms with Crippen LogP contribution in [0.2, 0.25) is 0 Å². The molecule has 1 N–H and O–H groups in total. The molecule has 6 nitrogen and oxygen atoms in total. The number of methoxy groups -OCH3 is 1. The minimum atomic E-state index is -0.488. The van der Waals surface area contributed by atoms with E-state index in [0.29, 0.717) is 22.6 Å². The summed E-state index contributed by atoms with van der Waals surface area (Å²) in [4.78, 5) is 25.2. The molecule has 3 amide bonds. The van der Waals surface area contributed by atoms with Crippen LogP contribution in [-0.2, 0) is 11.4 Å². The lowest BCUT2D eigenvalue weighted by Crippen LogP contribution is -2.30. The first-order valence-corrected chi connectivity index (χ1v) is 8.52. The van der Waals surface area contributed by atoms with E-state index in [1.165, 1.54) is 25.3 Å². The van der Waals surface area contributed by atoms with Crippen molar-refractivity contribution in [1.82, 2.24) is 10.2 Å². The van der Waals surface area contributed by atoms with E-state index in [9.17, 15) is 14.0 Å². The van der Waals surface area contributed by atoms with Crippen LogP contribution < -0.4 is 14.8 Å². The lowest BCUT2D eigenvalue weighted by Gasteiger charge is -2.11. The SMILES string of the molecule is C=CCN1C(=O)N/C(=C/c2ccc(OCc3cccc(F)c3)c(OC)c2)C1=O. The summed E-state index contributed by atoms with van der Waals surface area (Å²) in [7, 11) is 1.50. The molecule has 1 heterocycles. The summed E-state index contributed by atoms with van der Waals surface area (Å²) in [6.45, 7) is 3.85. The largest absolute Gasteiger partial charge is 0.493 e. The second kappa shape index (κ2) is 8.39. The molecule has 1 fully saturated rings. The van der Waals surface area contributed by atoms with Crippen LogP contribution in [0, 0.1) is 5.82 Å². The fourth-order valence-corrected chi connectivity index (χ4v) is 2.71. The van der Waals surface area contributed by atoms with E-state index in [-0.39, 0.29) is 24.7 Å². The maximum Gasteiger partial charge on any atom is 0.329 e. The van der Waals surface area contributed by atoms with Crippen molar-refractivity contribution in [1.29, 1.82) is 0 Å². The number of imide groups is 1. The molecule has 1 saturated heterocycles. The summed E-state index contributed by atoms with van der Waals surface area (Å²) in [5.74, 6) is 0.175. The van der Waals surface area contributed by atoms with Gasteiger partial charge in [-0.05, 0) is 41.5 Å². The van der Waals surface area contributed by atoms with Gasteiger partial charge >= 0.3 is 6.03 Å². The summed E-state index contributed by atoms with van der Waals surface area (Å²) in [6, 6.07) is 10.8. The molecule has 0 radical (unpaired) electrons. The van der Waals surface area contributed by atoms with Gasteiger partial charge in [-0.3, -0.25) is 9.69 Å². The van der Waals surface area contributed by atoms with Crippen LogP contribution in [0.1, 0.15) is 11.1 Å². The molecule has 2 aromatic carbocycles. The van der Waals surface area contributed by atoms with Crippen molar-refractivity contribution in [3.8, 4) is 11.5 Å². The number of amides is 3. The Morgan fingerprint density at radius 1 is 1.18 bits per heavy atom. The van der Waals surface area contributed by atoms with E-state index in [1.54, 1.807) is 36.4 Å². The molecule has 7 heteroatoms. The molecule has 28 heavy (non-hydrogen) atoms. The molecular weight excluding hydrogens is 363 g/mol. The summed E-state index contributed by atoms with van der Waals surface area (Å²) in [5, 5.41) is 2.53. The van der Waals surface area contributed by atoms with Gasteiger partial charge in [0.15, 0.2) is 11.5 Å². The van der Waals surface area contributed by atoms with E-state index in [2.05, 4.69) is 11.9 Å². The molecule has 0 spiro atoms. The van der Waals surface area contributed by atoms with Crippen LogP contribution in [-0.4, -0.2) is 30.5 Å². The van der Waals surface area contributed by atoms with Crippen LogP contribution in [0.15, 0.2) is 60.8 Å². The Morgan fingerprint density at radius 2 is 2.00 bits per heavy atom. The highest BCUT2D eigenvalue weighted by Gasteiger charge is 2.32. The van der Waals surface area contributed by atoms with E-state index in [0.717, 1.165) is 4.90 Å². The second-order valence-corrected chi connectivity index (χ2v) is 6.02.